The maximum atomic E-state index is 12.0. The largest absolute Gasteiger partial charge is 0.336 e. The van der Waals surface area contributed by atoms with Crippen LogP contribution in [0.2, 0.25) is 0 Å². The van der Waals surface area contributed by atoms with E-state index in [9.17, 15) is 4.79 Å². The van der Waals surface area contributed by atoms with Gasteiger partial charge in [0.2, 0.25) is 0 Å². The number of hydrogen-bond donors (Lipinski definition) is 2. The van der Waals surface area contributed by atoms with Gasteiger partial charge in [-0.15, -0.1) is 0 Å². The van der Waals surface area contributed by atoms with Crippen LogP contribution in [0.4, 0.5) is 0 Å². The molecule has 2 fully saturated rings. The van der Waals surface area contributed by atoms with E-state index < -0.39 is 0 Å². The highest BCUT2D eigenvalue weighted by Gasteiger charge is 2.29. The number of nitrogens with two attached hydrogens (primary N) is 1. The number of carbonyl (C=O) groups excluding carboxylic acids is 1. The predicted molar refractivity (Wildman–Crippen MR) is 59.1 cm³/mol. The highest BCUT2D eigenvalue weighted by Crippen LogP contribution is 2.39. The van der Waals surface area contributed by atoms with Crippen molar-refractivity contribution in [3.63, 3.8) is 0 Å². The van der Waals surface area contributed by atoms with Crippen LogP contribution in [-0.4, -0.2) is 40.1 Å². The summed E-state index contributed by atoms with van der Waals surface area (Å²) in [5.74, 6) is 0.617. The Morgan fingerprint density at radius 1 is 1.50 bits per heavy atom. The van der Waals surface area contributed by atoms with Crippen LogP contribution in [0.3, 0.4) is 0 Å². The molecule has 3 rings (SSSR count). The summed E-state index contributed by atoms with van der Waals surface area (Å²) in [6, 6.07) is 2.02. The molecule has 0 bridgehead atoms. The van der Waals surface area contributed by atoms with Crippen LogP contribution >= 0.6 is 0 Å². The molecular weight excluding hydrogens is 204 g/mol. The first-order valence-electron chi connectivity index (χ1n) is 5.84. The van der Waals surface area contributed by atoms with E-state index in [2.05, 4.69) is 10.2 Å². The van der Waals surface area contributed by atoms with Crippen LogP contribution in [0, 0.1) is 0 Å². The first-order chi connectivity index (χ1) is 7.74. The molecular formula is C11H16N4O. The van der Waals surface area contributed by atoms with E-state index in [4.69, 9.17) is 5.73 Å². The predicted octanol–water partition coefficient (Wildman–Crippen LogP) is 0.460. The molecule has 2 heterocycles. The summed E-state index contributed by atoms with van der Waals surface area (Å²) in [5, 5.41) is 7.04. The first-order valence-corrected chi connectivity index (χ1v) is 5.84. The lowest BCUT2D eigenvalue weighted by atomic mass is 10.2. The number of H-pyrrole nitrogens is 1. The van der Waals surface area contributed by atoms with Crippen molar-refractivity contribution in [2.75, 3.05) is 13.1 Å². The maximum Gasteiger partial charge on any atom is 0.274 e. The summed E-state index contributed by atoms with van der Waals surface area (Å²) >= 11 is 0. The van der Waals surface area contributed by atoms with Crippen molar-refractivity contribution in [2.45, 2.75) is 31.2 Å². The molecule has 1 aromatic heterocycles. The number of amides is 1. The van der Waals surface area contributed by atoms with Gasteiger partial charge in [0.05, 0.1) is 0 Å². The Labute approximate surface area is 94.0 Å². The van der Waals surface area contributed by atoms with E-state index in [1.165, 1.54) is 12.8 Å². The van der Waals surface area contributed by atoms with Crippen LogP contribution in [0.1, 0.15) is 41.4 Å². The smallest absolute Gasteiger partial charge is 0.274 e. The summed E-state index contributed by atoms with van der Waals surface area (Å²) in [5.41, 5.74) is 7.42. The lowest BCUT2D eigenvalue weighted by Crippen LogP contribution is -2.32. The Bertz CT molecular complexity index is 410. The van der Waals surface area contributed by atoms with Gasteiger partial charge >= 0.3 is 0 Å². The Morgan fingerprint density at radius 2 is 2.31 bits per heavy atom. The Hall–Kier alpha value is -1.36. The van der Waals surface area contributed by atoms with Crippen molar-refractivity contribution in [1.82, 2.24) is 15.1 Å². The lowest BCUT2D eigenvalue weighted by Gasteiger charge is -2.13. The second-order valence-electron chi connectivity index (χ2n) is 4.78. The van der Waals surface area contributed by atoms with E-state index in [1.807, 2.05) is 6.07 Å². The fourth-order valence-electron chi connectivity index (χ4n) is 2.18. The zero-order chi connectivity index (χ0) is 11.1. The Morgan fingerprint density at radius 3 is 2.94 bits per heavy atom. The second-order valence-corrected chi connectivity index (χ2v) is 4.78. The minimum atomic E-state index is 0.0103. The third-order valence-electron chi connectivity index (χ3n) is 3.35. The number of hydrogen-bond acceptors (Lipinski definition) is 3. The molecule has 1 saturated heterocycles. The molecule has 0 spiro atoms. The van der Waals surface area contributed by atoms with Crippen LogP contribution in [-0.2, 0) is 0 Å². The molecule has 1 aliphatic carbocycles. The van der Waals surface area contributed by atoms with E-state index in [1.54, 1.807) is 4.90 Å². The van der Waals surface area contributed by atoms with Gasteiger partial charge in [0, 0.05) is 30.7 Å². The molecule has 1 unspecified atom stereocenters. The minimum Gasteiger partial charge on any atom is -0.336 e. The molecule has 5 nitrogen and oxygen atoms in total. The van der Waals surface area contributed by atoms with Gasteiger partial charge in [-0.1, -0.05) is 0 Å². The zero-order valence-corrected chi connectivity index (χ0v) is 9.15. The van der Waals surface area contributed by atoms with Gasteiger partial charge in [0.15, 0.2) is 0 Å². The van der Waals surface area contributed by atoms with Crippen LogP contribution in [0.5, 0.6) is 0 Å². The normalized spacial score (nSPS) is 25.1. The van der Waals surface area contributed by atoms with E-state index >= 15 is 0 Å². The zero-order valence-electron chi connectivity index (χ0n) is 9.15. The highest BCUT2D eigenvalue weighted by molar-refractivity contribution is 5.92. The first kappa shape index (κ1) is 9.84. The maximum absolute atomic E-state index is 12.0. The van der Waals surface area contributed by atoms with Gasteiger partial charge in [-0.3, -0.25) is 9.89 Å². The number of aromatic nitrogens is 2. The molecule has 1 amide bonds. The molecule has 1 aromatic rings. The number of likely N-dealkylation sites (tertiary alicyclic amines) is 1. The minimum absolute atomic E-state index is 0.0103. The highest BCUT2D eigenvalue weighted by atomic mass is 16.2. The van der Waals surface area contributed by atoms with Crippen molar-refractivity contribution in [2.24, 2.45) is 5.73 Å². The summed E-state index contributed by atoms with van der Waals surface area (Å²) < 4.78 is 0. The van der Waals surface area contributed by atoms with E-state index in [-0.39, 0.29) is 11.9 Å². The average molecular weight is 220 g/mol. The van der Waals surface area contributed by atoms with Crippen molar-refractivity contribution in [3.05, 3.63) is 17.5 Å². The number of aromatic amines is 1. The standard InChI is InChI=1S/C11H16N4O/c12-8-3-4-15(6-8)11(16)10-5-9(13-14-10)7-1-2-7/h5,7-8H,1-4,6,12H2,(H,13,14). The topological polar surface area (TPSA) is 75.0 Å². The molecule has 16 heavy (non-hydrogen) atoms. The monoisotopic (exact) mass is 220 g/mol. The Balaban J connectivity index is 1.73. The summed E-state index contributed by atoms with van der Waals surface area (Å²) in [6.45, 7) is 1.41. The third-order valence-corrected chi connectivity index (χ3v) is 3.35. The van der Waals surface area contributed by atoms with Crippen molar-refractivity contribution < 1.29 is 4.79 Å². The van der Waals surface area contributed by atoms with Crippen LogP contribution < -0.4 is 5.73 Å². The van der Waals surface area contributed by atoms with Crippen LogP contribution in [0.15, 0.2) is 6.07 Å². The molecule has 1 saturated carbocycles. The van der Waals surface area contributed by atoms with Crippen molar-refractivity contribution >= 4 is 5.91 Å². The fraction of sp³-hybridized carbons (Fsp3) is 0.636. The SMILES string of the molecule is NC1CCN(C(=O)c2cc(C3CC3)[nH]n2)C1. The summed E-state index contributed by atoms with van der Waals surface area (Å²) in [7, 11) is 0. The summed E-state index contributed by atoms with van der Waals surface area (Å²) in [6.07, 6.45) is 3.32. The lowest BCUT2D eigenvalue weighted by molar-refractivity contribution is 0.0785. The second kappa shape index (κ2) is 3.59. The van der Waals surface area contributed by atoms with Crippen LogP contribution in [0.25, 0.3) is 0 Å². The number of nitrogens with zero attached hydrogens (tertiary/aromatic N) is 2. The van der Waals surface area contributed by atoms with Gasteiger partial charge < -0.3 is 10.6 Å². The van der Waals surface area contributed by atoms with Crippen molar-refractivity contribution in [1.29, 1.82) is 0 Å². The number of nitrogens with one attached hydrogen (secondary N) is 1. The fourth-order valence-corrected chi connectivity index (χ4v) is 2.18. The van der Waals surface area contributed by atoms with Gasteiger partial charge in [-0.05, 0) is 25.3 Å². The quantitative estimate of drug-likeness (QED) is 0.760. The van der Waals surface area contributed by atoms with E-state index in [0.717, 1.165) is 18.7 Å². The van der Waals surface area contributed by atoms with E-state index in [0.29, 0.717) is 18.2 Å². The van der Waals surface area contributed by atoms with Gasteiger partial charge in [0.1, 0.15) is 5.69 Å². The molecule has 86 valence electrons. The third kappa shape index (κ3) is 1.71. The van der Waals surface area contributed by atoms with Gasteiger partial charge in [-0.25, -0.2) is 0 Å². The molecule has 0 radical (unpaired) electrons. The summed E-state index contributed by atoms with van der Waals surface area (Å²) in [4.78, 5) is 13.8. The van der Waals surface area contributed by atoms with Crippen molar-refractivity contribution in [3.8, 4) is 0 Å². The average Bonchev–Trinajstić information content (AvgIpc) is 2.86. The Kier molecular flexibility index (Phi) is 2.21. The molecule has 2 aliphatic rings. The molecule has 1 atom stereocenters. The number of carbonyl (C=O) groups is 1. The van der Waals surface area contributed by atoms with Gasteiger partial charge in [0.25, 0.3) is 5.91 Å². The van der Waals surface area contributed by atoms with Gasteiger partial charge in [-0.2, -0.15) is 5.10 Å². The molecule has 3 N–H and O–H groups in total. The molecule has 1 aliphatic heterocycles. The molecule has 5 heteroatoms. The molecule has 0 aromatic carbocycles. The number of rotatable bonds is 2.